The number of carboxylic acid groups (broad SMARTS) is 1. The molecular weight excluding hydrogens is 170 g/mol. The lowest BCUT2D eigenvalue weighted by Gasteiger charge is -2.11. The minimum Gasteiger partial charge on any atom is -0.486 e. The second kappa shape index (κ2) is 2.90. The standard InChI is InChI=1S/C9H7NO3/c11-9(12)6-1-2-8-7(5-6)10-3-4-13-8/h1-3,5H,4H2,(H,11,12). The van der Waals surface area contributed by atoms with E-state index in [0.717, 1.165) is 0 Å². The molecule has 1 N–H and O–H groups in total. The molecular formula is C9H7NO3. The second-order valence-electron chi connectivity index (χ2n) is 2.61. The number of ether oxygens (including phenoxy) is 1. The van der Waals surface area contributed by atoms with Gasteiger partial charge in [0.05, 0.1) is 5.56 Å². The summed E-state index contributed by atoms with van der Waals surface area (Å²) in [5, 5.41) is 8.69. The fourth-order valence-corrected chi connectivity index (χ4v) is 1.14. The largest absolute Gasteiger partial charge is 0.486 e. The number of benzene rings is 1. The van der Waals surface area contributed by atoms with Gasteiger partial charge < -0.3 is 9.84 Å². The van der Waals surface area contributed by atoms with Crippen LogP contribution in [-0.4, -0.2) is 23.9 Å². The number of aromatic carboxylic acids is 1. The topological polar surface area (TPSA) is 58.9 Å². The fraction of sp³-hybridized carbons (Fsp3) is 0.111. The van der Waals surface area contributed by atoms with Crippen molar-refractivity contribution in [1.29, 1.82) is 0 Å². The third-order valence-corrected chi connectivity index (χ3v) is 1.75. The summed E-state index contributed by atoms with van der Waals surface area (Å²) in [5.74, 6) is -0.323. The van der Waals surface area contributed by atoms with Gasteiger partial charge in [-0.15, -0.1) is 0 Å². The van der Waals surface area contributed by atoms with E-state index < -0.39 is 5.97 Å². The van der Waals surface area contributed by atoms with Gasteiger partial charge in [0.2, 0.25) is 0 Å². The Bertz CT molecular complexity index is 384. The summed E-state index contributed by atoms with van der Waals surface area (Å²) in [7, 11) is 0. The molecule has 2 rings (SSSR count). The maximum absolute atomic E-state index is 10.6. The first kappa shape index (κ1) is 7.79. The summed E-state index contributed by atoms with van der Waals surface area (Å²) in [5.41, 5.74) is 0.799. The van der Waals surface area contributed by atoms with Crippen LogP contribution in [0.3, 0.4) is 0 Å². The minimum atomic E-state index is -0.955. The van der Waals surface area contributed by atoms with Crippen molar-refractivity contribution < 1.29 is 14.6 Å². The Morgan fingerprint density at radius 1 is 1.54 bits per heavy atom. The van der Waals surface area contributed by atoms with Gasteiger partial charge in [-0.05, 0) is 18.2 Å². The predicted octanol–water partition coefficient (Wildman–Crippen LogP) is 1.48. The van der Waals surface area contributed by atoms with Crippen LogP contribution in [0.5, 0.6) is 5.75 Å². The molecule has 1 aromatic carbocycles. The third kappa shape index (κ3) is 1.38. The molecule has 0 aromatic heterocycles. The van der Waals surface area contributed by atoms with Crippen LogP contribution in [0, 0.1) is 0 Å². The molecule has 66 valence electrons. The zero-order valence-electron chi connectivity index (χ0n) is 6.73. The first-order chi connectivity index (χ1) is 6.27. The van der Waals surface area contributed by atoms with Crippen molar-refractivity contribution in [2.75, 3.05) is 6.61 Å². The van der Waals surface area contributed by atoms with Gasteiger partial charge in [0, 0.05) is 6.21 Å². The highest BCUT2D eigenvalue weighted by Crippen LogP contribution is 2.30. The van der Waals surface area contributed by atoms with Crippen LogP contribution < -0.4 is 4.74 Å². The van der Waals surface area contributed by atoms with Crippen molar-refractivity contribution >= 4 is 17.9 Å². The van der Waals surface area contributed by atoms with E-state index in [9.17, 15) is 4.79 Å². The van der Waals surface area contributed by atoms with Crippen LogP contribution in [0.2, 0.25) is 0 Å². The van der Waals surface area contributed by atoms with E-state index >= 15 is 0 Å². The Labute approximate surface area is 74.5 Å². The third-order valence-electron chi connectivity index (χ3n) is 1.75. The van der Waals surface area contributed by atoms with Crippen LogP contribution in [0.1, 0.15) is 10.4 Å². The van der Waals surface area contributed by atoms with Crippen LogP contribution >= 0.6 is 0 Å². The Kier molecular flexibility index (Phi) is 1.73. The zero-order chi connectivity index (χ0) is 9.26. The molecule has 4 nitrogen and oxygen atoms in total. The van der Waals surface area contributed by atoms with Gasteiger partial charge in [0.1, 0.15) is 18.0 Å². The molecule has 0 unspecified atom stereocenters. The van der Waals surface area contributed by atoms with Gasteiger partial charge in [-0.25, -0.2) is 4.79 Å². The van der Waals surface area contributed by atoms with Crippen molar-refractivity contribution in [2.24, 2.45) is 4.99 Å². The monoisotopic (exact) mass is 177 g/mol. The SMILES string of the molecule is O=C(O)c1ccc2c(c1)N=CCO2. The molecule has 0 bridgehead atoms. The first-order valence-corrected chi connectivity index (χ1v) is 3.80. The van der Waals surface area contributed by atoms with Gasteiger partial charge in [-0.1, -0.05) is 0 Å². The molecule has 4 heteroatoms. The Hall–Kier alpha value is -1.84. The molecule has 1 aliphatic rings. The van der Waals surface area contributed by atoms with Gasteiger partial charge in [0.15, 0.2) is 0 Å². The van der Waals surface area contributed by atoms with Crippen molar-refractivity contribution in [3.8, 4) is 5.75 Å². The summed E-state index contributed by atoms with van der Waals surface area (Å²) < 4.78 is 5.22. The number of rotatable bonds is 1. The Morgan fingerprint density at radius 3 is 3.15 bits per heavy atom. The predicted molar refractivity (Wildman–Crippen MR) is 47.0 cm³/mol. The summed E-state index contributed by atoms with van der Waals surface area (Å²) in [6.45, 7) is 0.444. The van der Waals surface area contributed by atoms with Crippen LogP contribution in [0.4, 0.5) is 5.69 Å². The maximum atomic E-state index is 10.6. The van der Waals surface area contributed by atoms with Crippen molar-refractivity contribution in [3.63, 3.8) is 0 Å². The van der Waals surface area contributed by atoms with Crippen LogP contribution in [-0.2, 0) is 0 Å². The Balaban J connectivity index is 2.48. The summed E-state index contributed by atoms with van der Waals surface area (Å²) in [4.78, 5) is 14.6. The summed E-state index contributed by atoms with van der Waals surface area (Å²) in [6.07, 6.45) is 1.61. The van der Waals surface area contributed by atoms with Crippen molar-refractivity contribution in [2.45, 2.75) is 0 Å². The average Bonchev–Trinajstić information content (AvgIpc) is 2.17. The zero-order valence-corrected chi connectivity index (χ0v) is 6.73. The number of carbonyl (C=O) groups is 1. The normalized spacial score (nSPS) is 13.2. The maximum Gasteiger partial charge on any atom is 0.335 e. The molecule has 0 aliphatic carbocycles. The highest BCUT2D eigenvalue weighted by molar-refractivity contribution is 5.89. The molecule has 0 radical (unpaired) electrons. The average molecular weight is 177 g/mol. The summed E-state index contributed by atoms with van der Waals surface area (Å²) in [6, 6.07) is 4.62. The molecule has 0 saturated carbocycles. The van der Waals surface area contributed by atoms with E-state index in [2.05, 4.69) is 4.99 Å². The lowest BCUT2D eigenvalue weighted by atomic mass is 10.2. The van der Waals surface area contributed by atoms with Gasteiger partial charge in [-0.3, -0.25) is 4.99 Å². The number of hydrogen-bond acceptors (Lipinski definition) is 3. The van der Waals surface area contributed by atoms with Gasteiger partial charge >= 0.3 is 5.97 Å². The molecule has 0 saturated heterocycles. The van der Waals surface area contributed by atoms with Gasteiger partial charge in [-0.2, -0.15) is 0 Å². The smallest absolute Gasteiger partial charge is 0.335 e. The van der Waals surface area contributed by atoms with Crippen molar-refractivity contribution in [1.82, 2.24) is 0 Å². The minimum absolute atomic E-state index is 0.224. The second-order valence-corrected chi connectivity index (χ2v) is 2.61. The van der Waals surface area contributed by atoms with Crippen molar-refractivity contribution in [3.05, 3.63) is 23.8 Å². The molecule has 0 spiro atoms. The van der Waals surface area contributed by atoms with E-state index in [1.165, 1.54) is 12.1 Å². The molecule has 0 atom stereocenters. The molecule has 0 fully saturated rings. The van der Waals surface area contributed by atoms with E-state index in [0.29, 0.717) is 18.0 Å². The number of carboxylic acids is 1. The molecule has 1 aromatic rings. The number of nitrogens with zero attached hydrogens (tertiary/aromatic N) is 1. The highest BCUT2D eigenvalue weighted by atomic mass is 16.5. The van der Waals surface area contributed by atoms with Gasteiger partial charge in [0.25, 0.3) is 0 Å². The first-order valence-electron chi connectivity index (χ1n) is 3.80. The van der Waals surface area contributed by atoms with E-state index in [1.807, 2.05) is 0 Å². The van der Waals surface area contributed by atoms with Crippen LogP contribution in [0.25, 0.3) is 0 Å². The summed E-state index contributed by atoms with van der Waals surface area (Å²) >= 11 is 0. The fourth-order valence-electron chi connectivity index (χ4n) is 1.14. The van der Waals surface area contributed by atoms with E-state index in [-0.39, 0.29) is 5.56 Å². The molecule has 1 heterocycles. The lowest BCUT2D eigenvalue weighted by molar-refractivity contribution is 0.0697. The highest BCUT2D eigenvalue weighted by Gasteiger charge is 2.10. The van der Waals surface area contributed by atoms with E-state index in [4.69, 9.17) is 9.84 Å². The Morgan fingerprint density at radius 2 is 2.38 bits per heavy atom. The van der Waals surface area contributed by atoms with E-state index in [1.54, 1.807) is 12.3 Å². The van der Waals surface area contributed by atoms with Crippen LogP contribution in [0.15, 0.2) is 23.2 Å². The number of fused-ring (bicyclic) bond motifs is 1. The number of aliphatic imine (C=N–C) groups is 1. The number of hydrogen-bond donors (Lipinski definition) is 1. The quantitative estimate of drug-likeness (QED) is 0.706. The molecule has 13 heavy (non-hydrogen) atoms. The molecule has 0 amide bonds. The lowest BCUT2D eigenvalue weighted by Crippen LogP contribution is -2.04. The molecule has 1 aliphatic heterocycles.